The lowest BCUT2D eigenvalue weighted by atomic mass is 9.45. The van der Waals surface area contributed by atoms with Gasteiger partial charge in [-0.15, -0.1) is 0 Å². The van der Waals surface area contributed by atoms with Crippen molar-refractivity contribution in [3.63, 3.8) is 0 Å². The molecule has 62 valence electrons. The van der Waals surface area contributed by atoms with E-state index in [0.29, 0.717) is 11.0 Å². The standard InChI is InChI=1S/C10H16O/c1-9(2)7-3-4-10(6-11-10)8(9)5-7/h7-8H,3-6H2,1-2H3/t7-,8-,10-/m0/s1. The lowest BCUT2D eigenvalue weighted by Crippen LogP contribution is -2.56. The smallest absolute Gasteiger partial charge is 0.0949 e. The highest BCUT2D eigenvalue weighted by atomic mass is 16.6. The van der Waals surface area contributed by atoms with Crippen LogP contribution in [-0.2, 0) is 4.74 Å². The minimum Gasteiger partial charge on any atom is -0.369 e. The minimum atomic E-state index is 0.387. The zero-order valence-corrected chi connectivity index (χ0v) is 7.39. The largest absolute Gasteiger partial charge is 0.369 e. The molecule has 11 heavy (non-hydrogen) atoms. The summed E-state index contributed by atoms with van der Waals surface area (Å²) in [6.07, 6.45) is 4.22. The van der Waals surface area contributed by atoms with E-state index in [0.717, 1.165) is 18.4 Å². The molecule has 1 spiro atoms. The summed E-state index contributed by atoms with van der Waals surface area (Å²) < 4.78 is 5.62. The molecule has 1 saturated heterocycles. The van der Waals surface area contributed by atoms with E-state index in [4.69, 9.17) is 4.74 Å². The van der Waals surface area contributed by atoms with Crippen LogP contribution in [0.2, 0.25) is 0 Å². The van der Waals surface area contributed by atoms with Crippen molar-refractivity contribution in [1.82, 2.24) is 0 Å². The molecule has 0 unspecified atom stereocenters. The van der Waals surface area contributed by atoms with Crippen molar-refractivity contribution in [2.24, 2.45) is 17.3 Å². The van der Waals surface area contributed by atoms with Crippen molar-refractivity contribution < 1.29 is 4.74 Å². The Labute approximate surface area is 68.1 Å². The van der Waals surface area contributed by atoms with Gasteiger partial charge in [0, 0.05) is 0 Å². The zero-order valence-electron chi connectivity index (χ0n) is 7.39. The molecule has 4 aliphatic rings. The average Bonchev–Trinajstić information content (AvgIpc) is 2.69. The zero-order chi connectivity index (χ0) is 7.69. The number of hydrogen-bond donors (Lipinski definition) is 0. The molecule has 0 amide bonds. The molecule has 1 aliphatic heterocycles. The van der Waals surface area contributed by atoms with Crippen molar-refractivity contribution >= 4 is 0 Å². The average molecular weight is 152 g/mol. The summed E-state index contributed by atoms with van der Waals surface area (Å²) in [4.78, 5) is 0. The van der Waals surface area contributed by atoms with Crippen LogP contribution in [0.4, 0.5) is 0 Å². The molecular weight excluding hydrogens is 136 g/mol. The maximum Gasteiger partial charge on any atom is 0.0949 e. The number of hydrogen-bond acceptors (Lipinski definition) is 1. The maximum absolute atomic E-state index is 5.62. The fraction of sp³-hybridized carbons (Fsp3) is 1.00. The molecule has 1 nitrogen and oxygen atoms in total. The Morgan fingerprint density at radius 3 is 2.45 bits per heavy atom. The van der Waals surface area contributed by atoms with Gasteiger partial charge in [-0.2, -0.15) is 0 Å². The number of fused-ring (bicyclic) bond motifs is 1. The Bertz CT molecular complexity index is 199. The monoisotopic (exact) mass is 152 g/mol. The molecule has 4 rings (SSSR count). The van der Waals surface area contributed by atoms with E-state index in [1.165, 1.54) is 19.3 Å². The summed E-state index contributed by atoms with van der Waals surface area (Å²) in [7, 11) is 0. The second-order valence-electron chi connectivity index (χ2n) is 5.20. The Hall–Kier alpha value is -0.0400. The van der Waals surface area contributed by atoms with Crippen molar-refractivity contribution in [1.29, 1.82) is 0 Å². The summed E-state index contributed by atoms with van der Waals surface area (Å²) >= 11 is 0. The van der Waals surface area contributed by atoms with Crippen LogP contribution in [-0.4, -0.2) is 12.2 Å². The third kappa shape index (κ3) is 0.581. The first kappa shape index (κ1) is 6.47. The molecule has 0 N–H and O–H groups in total. The minimum absolute atomic E-state index is 0.387. The lowest BCUT2D eigenvalue weighted by molar-refractivity contribution is -0.115. The molecule has 3 atom stereocenters. The Kier molecular flexibility index (Phi) is 0.893. The van der Waals surface area contributed by atoms with Gasteiger partial charge in [-0.25, -0.2) is 0 Å². The maximum atomic E-state index is 5.62. The van der Waals surface area contributed by atoms with Crippen molar-refractivity contribution in [2.75, 3.05) is 6.61 Å². The SMILES string of the molecule is CC1(C)[C@H]2CC[C@]3(CO3)[C@H]1C2. The van der Waals surface area contributed by atoms with Gasteiger partial charge in [-0.1, -0.05) is 13.8 Å². The van der Waals surface area contributed by atoms with E-state index in [9.17, 15) is 0 Å². The molecule has 0 aromatic carbocycles. The number of epoxide rings is 1. The van der Waals surface area contributed by atoms with Crippen LogP contribution in [0.1, 0.15) is 33.1 Å². The summed E-state index contributed by atoms with van der Waals surface area (Å²) in [5.74, 6) is 1.91. The predicted octanol–water partition coefficient (Wildman–Crippen LogP) is 2.21. The van der Waals surface area contributed by atoms with E-state index in [1.54, 1.807) is 0 Å². The van der Waals surface area contributed by atoms with Gasteiger partial charge in [0.05, 0.1) is 12.2 Å². The van der Waals surface area contributed by atoms with Gasteiger partial charge < -0.3 is 4.74 Å². The normalized spacial score (nSPS) is 57.3. The van der Waals surface area contributed by atoms with Crippen LogP contribution in [0.15, 0.2) is 0 Å². The molecule has 3 aliphatic carbocycles. The second-order valence-corrected chi connectivity index (χ2v) is 5.20. The fourth-order valence-electron chi connectivity index (χ4n) is 3.43. The van der Waals surface area contributed by atoms with E-state index >= 15 is 0 Å². The van der Waals surface area contributed by atoms with E-state index in [2.05, 4.69) is 13.8 Å². The molecule has 1 heterocycles. The Morgan fingerprint density at radius 1 is 1.36 bits per heavy atom. The van der Waals surface area contributed by atoms with Gasteiger partial charge in [0.25, 0.3) is 0 Å². The predicted molar refractivity (Wildman–Crippen MR) is 43.3 cm³/mol. The van der Waals surface area contributed by atoms with E-state index in [1.807, 2.05) is 0 Å². The Morgan fingerprint density at radius 2 is 2.09 bits per heavy atom. The lowest BCUT2D eigenvalue weighted by Gasteiger charge is -2.59. The first-order chi connectivity index (χ1) is 5.15. The van der Waals surface area contributed by atoms with E-state index in [-0.39, 0.29) is 0 Å². The first-order valence-corrected chi connectivity index (χ1v) is 4.79. The fourth-order valence-corrected chi connectivity index (χ4v) is 3.43. The van der Waals surface area contributed by atoms with Gasteiger partial charge in [-0.3, -0.25) is 0 Å². The van der Waals surface area contributed by atoms with Gasteiger partial charge in [0.1, 0.15) is 0 Å². The van der Waals surface area contributed by atoms with Crippen molar-refractivity contribution in [3.05, 3.63) is 0 Å². The highest BCUT2D eigenvalue weighted by molar-refractivity contribution is 5.15. The summed E-state index contributed by atoms with van der Waals surface area (Å²) in [6, 6.07) is 0. The van der Waals surface area contributed by atoms with Crippen LogP contribution in [0, 0.1) is 17.3 Å². The molecular formula is C10H16O. The van der Waals surface area contributed by atoms with Gasteiger partial charge in [0.2, 0.25) is 0 Å². The molecule has 4 fully saturated rings. The van der Waals surface area contributed by atoms with Gasteiger partial charge in [0.15, 0.2) is 0 Å². The van der Waals surface area contributed by atoms with Crippen molar-refractivity contribution in [3.8, 4) is 0 Å². The summed E-state index contributed by atoms with van der Waals surface area (Å²) in [5, 5.41) is 0. The van der Waals surface area contributed by atoms with Crippen LogP contribution in [0.3, 0.4) is 0 Å². The quantitative estimate of drug-likeness (QED) is 0.485. The second kappa shape index (κ2) is 1.52. The highest BCUT2D eigenvalue weighted by Gasteiger charge is 2.67. The molecule has 3 saturated carbocycles. The van der Waals surface area contributed by atoms with E-state index < -0.39 is 0 Å². The van der Waals surface area contributed by atoms with Crippen LogP contribution in [0.25, 0.3) is 0 Å². The third-order valence-electron chi connectivity index (χ3n) is 4.54. The van der Waals surface area contributed by atoms with Gasteiger partial charge >= 0.3 is 0 Å². The molecule has 0 aromatic heterocycles. The highest BCUT2D eigenvalue weighted by Crippen LogP contribution is 2.67. The Balaban J connectivity index is 1.94. The third-order valence-corrected chi connectivity index (χ3v) is 4.54. The van der Waals surface area contributed by atoms with Crippen LogP contribution >= 0.6 is 0 Å². The number of ether oxygens (including phenoxy) is 1. The molecule has 0 aromatic rings. The number of rotatable bonds is 0. The molecule has 0 radical (unpaired) electrons. The molecule has 1 heteroatoms. The van der Waals surface area contributed by atoms with Crippen LogP contribution in [0.5, 0.6) is 0 Å². The van der Waals surface area contributed by atoms with Crippen molar-refractivity contribution in [2.45, 2.75) is 38.7 Å². The summed E-state index contributed by atoms with van der Waals surface area (Å²) in [6.45, 7) is 5.91. The molecule has 2 bridgehead atoms. The van der Waals surface area contributed by atoms with Gasteiger partial charge in [-0.05, 0) is 36.5 Å². The summed E-state index contributed by atoms with van der Waals surface area (Å²) in [5.41, 5.74) is 0.993. The first-order valence-electron chi connectivity index (χ1n) is 4.79. The van der Waals surface area contributed by atoms with Crippen LogP contribution < -0.4 is 0 Å². The topological polar surface area (TPSA) is 12.5 Å².